The summed E-state index contributed by atoms with van der Waals surface area (Å²) in [6, 6.07) is 11.6. The number of nitrogens with zero attached hydrogens (tertiary/aromatic N) is 2. The Hall–Kier alpha value is -5.54. The van der Waals surface area contributed by atoms with Crippen LogP contribution in [0.4, 0.5) is 22.7 Å². The van der Waals surface area contributed by atoms with Gasteiger partial charge in [0.25, 0.3) is 40.5 Å². The van der Waals surface area contributed by atoms with Gasteiger partial charge in [-0.2, -0.15) is 43.9 Å². The van der Waals surface area contributed by atoms with Crippen molar-refractivity contribution in [2.75, 3.05) is 22.3 Å². The molecular formula is C32H22Cl2N6O14S4. The van der Waals surface area contributed by atoms with Crippen LogP contribution in [0.1, 0.15) is 31.8 Å². The number of hydrazone groups is 2. The van der Waals surface area contributed by atoms with Crippen LogP contribution < -0.4 is 22.3 Å². The van der Waals surface area contributed by atoms with Crippen molar-refractivity contribution in [3.8, 4) is 11.1 Å². The maximum Gasteiger partial charge on any atom is 0.296 e. The fourth-order valence-electron chi connectivity index (χ4n) is 5.71. The molecule has 4 aromatic rings. The topological polar surface area (TPSA) is 352 Å². The van der Waals surface area contributed by atoms with E-state index < -0.39 is 106 Å². The van der Waals surface area contributed by atoms with Crippen LogP contribution in [0.5, 0.6) is 0 Å². The third kappa shape index (κ3) is 8.23. The van der Waals surface area contributed by atoms with Gasteiger partial charge in [0, 0.05) is 34.7 Å². The summed E-state index contributed by atoms with van der Waals surface area (Å²) in [5.41, 5.74) is 13.7. The Labute approximate surface area is 337 Å². The molecule has 302 valence electrons. The first-order chi connectivity index (χ1) is 26.8. The van der Waals surface area contributed by atoms with Crippen molar-refractivity contribution < 1.29 is 61.5 Å². The number of benzene rings is 4. The number of fused-ring (bicyclic) bond motifs is 2. The zero-order valence-electron chi connectivity index (χ0n) is 28.2. The van der Waals surface area contributed by atoms with Gasteiger partial charge in [-0.25, -0.2) is 0 Å². The summed E-state index contributed by atoms with van der Waals surface area (Å²) < 4.78 is 135. The molecule has 10 N–H and O–H groups in total. The molecule has 58 heavy (non-hydrogen) atoms. The minimum Gasteiger partial charge on any atom is -0.398 e. The van der Waals surface area contributed by atoms with Crippen molar-refractivity contribution in [1.29, 1.82) is 0 Å². The average Bonchev–Trinajstić information content (AvgIpc) is 3.09. The number of carbonyl (C=O) groups is 2. The lowest BCUT2D eigenvalue weighted by Gasteiger charge is -2.20. The number of rotatable bonds is 9. The molecule has 4 aromatic carbocycles. The molecule has 2 aliphatic carbocycles. The molecule has 0 unspecified atom stereocenters. The number of nitrogen functional groups attached to an aromatic ring is 2. The predicted octanol–water partition coefficient (Wildman–Crippen LogP) is 3.89. The number of ketones is 2. The van der Waals surface area contributed by atoms with E-state index in [1.54, 1.807) is 0 Å². The van der Waals surface area contributed by atoms with Crippen LogP contribution in [0.15, 0.2) is 103 Å². The van der Waals surface area contributed by atoms with E-state index in [1.165, 1.54) is 36.4 Å². The van der Waals surface area contributed by atoms with Gasteiger partial charge >= 0.3 is 0 Å². The van der Waals surface area contributed by atoms with Gasteiger partial charge in [0.2, 0.25) is 0 Å². The second-order valence-corrected chi connectivity index (χ2v) is 18.5. The molecule has 0 heterocycles. The van der Waals surface area contributed by atoms with Crippen LogP contribution in [0, 0.1) is 0 Å². The molecule has 0 saturated heterocycles. The van der Waals surface area contributed by atoms with E-state index in [1.807, 2.05) is 0 Å². The van der Waals surface area contributed by atoms with Gasteiger partial charge in [-0.05, 0) is 59.7 Å². The Kier molecular flexibility index (Phi) is 10.7. The minimum atomic E-state index is -5.15. The number of anilines is 4. The highest BCUT2D eigenvalue weighted by Gasteiger charge is 2.35. The van der Waals surface area contributed by atoms with E-state index >= 15 is 0 Å². The third-order valence-corrected chi connectivity index (χ3v) is 12.3. The smallest absolute Gasteiger partial charge is 0.296 e. The summed E-state index contributed by atoms with van der Waals surface area (Å²) in [5, 5.41) is 7.86. The van der Waals surface area contributed by atoms with Crippen molar-refractivity contribution >= 4 is 109 Å². The lowest BCUT2D eigenvalue weighted by molar-refractivity contribution is 0.103. The van der Waals surface area contributed by atoms with Crippen molar-refractivity contribution in [2.24, 2.45) is 10.2 Å². The summed E-state index contributed by atoms with van der Waals surface area (Å²) in [6.45, 7) is 0. The van der Waals surface area contributed by atoms with E-state index in [0.717, 1.165) is 24.3 Å². The van der Waals surface area contributed by atoms with E-state index in [2.05, 4.69) is 21.1 Å². The van der Waals surface area contributed by atoms with Crippen LogP contribution in [0.3, 0.4) is 0 Å². The Morgan fingerprint density at radius 2 is 0.862 bits per heavy atom. The first kappa shape index (κ1) is 42.1. The number of nitrogens with two attached hydrogens (primary N) is 2. The van der Waals surface area contributed by atoms with Crippen molar-refractivity contribution in [1.82, 2.24) is 0 Å². The van der Waals surface area contributed by atoms with E-state index in [0.29, 0.717) is 23.3 Å². The third-order valence-electron chi connectivity index (χ3n) is 8.28. The molecule has 0 bridgehead atoms. The molecule has 0 aromatic heterocycles. The van der Waals surface area contributed by atoms with Crippen molar-refractivity contribution in [3.05, 3.63) is 115 Å². The van der Waals surface area contributed by atoms with Crippen LogP contribution in [0.2, 0.25) is 10.0 Å². The highest BCUT2D eigenvalue weighted by Crippen LogP contribution is 2.36. The molecule has 0 fully saturated rings. The van der Waals surface area contributed by atoms with Gasteiger partial charge in [-0.1, -0.05) is 35.3 Å². The fraction of sp³-hybridized carbons (Fsp3) is 0. The summed E-state index contributed by atoms with van der Waals surface area (Å²) in [5.74, 6) is -2.02. The Balaban J connectivity index is 1.33. The maximum absolute atomic E-state index is 12.7. The summed E-state index contributed by atoms with van der Waals surface area (Å²) >= 11 is 13.0. The van der Waals surface area contributed by atoms with Crippen LogP contribution in [-0.2, 0) is 40.5 Å². The number of allylic oxidation sites excluding steroid dienone is 4. The molecule has 0 radical (unpaired) electrons. The monoisotopic (exact) mass is 912 g/mol. The first-order valence-corrected chi connectivity index (χ1v) is 21.8. The van der Waals surface area contributed by atoms with Crippen LogP contribution in [0.25, 0.3) is 11.1 Å². The van der Waals surface area contributed by atoms with Gasteiger partial charge < -0.3 is 11.5 Å². The summed E-state index contributed by atoms with van der Waals surface area (Å²) in [6.07, 6.45) is 1.05. The van der Waals surface area contributed by atoms with Gasteiger partial charge in [-0.15, -0.1) is 0 Å². The number of hydrogen-bond donors (Lipinski definition) is 8. The Morgan fingerprint density at radius 3 is 1.16 bits per heavy atom. The maximum atomic E-state index is 12.7. The Bertz CT molecular complexity index is 2940. The standard InChI is InChI=1S/C32H22Cl2N6O14S4/c33-19-5-13(1-3-23(19)37-39-31-17-7-15(55(43,44)45)9-21(35)29(17)25(41)11-27(31)57(49,50)51)14-2-4-24(20(34)6-14)38-40-32-18-8-16(56(46,47)48)10-22(36)30(18)26(42)12-28(32)58(52,53)54/h1-12,37-38H,35-36H2,(H,43,44,45)(H,46,47,48)(H,49,50,51)(H,52,53,54)/b39-31-,40-32-. The highest BCUT2D eigenvalue weighted by atomic mass is 35.5. The SMILES string of the molecule is Nc1cc(S(=O)(=O)O)cc2c1C(=O)C=C(S(=O)(=O)O)/C2=N\Nc1ccc(-c2ccc(N/N=C3\C(S(=O)(=O)O)=CC(=O)c4c(N)cc(S(=O)(=O)O)cc43)c(Cl)c2)cc1Cl. The van der Waals surface area contributed by atoms with Gasteiger partial charge in [0.05, 0.1) is 42.3 Å². The molecule has 0 spiro atoms. The van der Waals surface area contributed by atoms with Crippen LogP contribution >= 0.6 is 23.2 Å². The summed E-state index contributed by atoms with van der Waals surface area (Å²) in [4.78, 5) is 21.8. The second-order valence-electron chi connectivity index (χ2n) is 12.0. The van der Waals surface area contributed by atoms with E-state index in [4.69, 9.17) is 34.7 Å². The zero-order chi connectivity index (χ0) is 42.9. The molecule has 0 atom stereocenters. The molecular weight excluding hydrogens is 892 g/mol. The van der Waals surface area contributed by atoms with Crippen molar-refractivity contribution in [2.45, 2.75) is 9.79 Å². The minimum absolute atomic E-state index is 0.0249. The molecule has 0 amide bonds. The normalized spacial score (nSPS) is 16.1. The zero-order valence-corrected chi connectivity index (χ0v) is 33.0. The molecule has 2 aliphatic rings. The highest BCUT2D eigenvalue weighted by molar-refractivity contribution is 7.91. The predicted molar refractivity (Wildman–Crippen MR) is 211 cm³/mol. The van der Waals surface area contributed by atoms with Gasteiger partial charge in [0.1, 0.15) is 21.2 Å². The summed E-state index contributed by atoms with van der Waals surface area (Å²) in [7, 11) is -20.1. The number of carbonyl (C=O) groups excluding carboxylic acids is 2. The number of halogens is 2. The Morgan fingerprint density at radius 1 is 0.517 bits per heavy atom. The number of hydrogen-bond acceptors (Lipinski definition) is 16. The molecule has 20 nitrogen and oxygen atoms in total. The van der Waals surface area contributed by atoms with Gasteiger partial charge in [-0.3, -0.25) is 38.7 Å². The molecule has 0 saturated carbocycles. The average molecular weight is 914 g/mol. The van der Waals surface area contributed by atoms with Crippen LogP contribution in [-0.4, -0.2) is 74.9 Å². The first-order valence-electron chi connectivity index (χ1n) is 15.3. The molecule has 6 rings (SSSR count). The van der Waals surface area contributed by atoms with Gasteiger partial charge in [0.15, 0.2) is 11.6 Å². The number of nitrogens with one attached hydrogen (secondary N) is 2. The quantitative estimate of drug-likeness (QED) is 0.0670. The fourth-order valence-corrected chi connectivity index (χ4v) is 8.55. The largest absolute Gasteiger partial charge is 0.398 e. The van der Waals surface area contributed by atoms with E-state index in [9.17, 15) is 61.5 Å². The lowest BCUT2D eigenvalue weighted by Crippen LogP contribution is -2.25. The molecule has 26 heteroatoms. The lowest BCUT2D eigenvalue weighted by atomic mass is 9.92. The molecule has 0 aliphatic heterocycles. The second kappa shape index (κ2) is 14.7. The van der Waals surface area contributed by atoms with Crippen molar-refractivity contribution in [3.63, 3.8) is 0 Å². The van der Waals surface area contributed by atoms with E-state index in [-0.39, 0.29) is 32.5 Å².